The molecular weight excluding hydrogens is 1460 g/mol. The number of nitrogens with two attached hydrogens (primary N) is 3. The van der Waals surface area contributed by atoms with E-state index in [0.29, 0.717) is 38.7 Å². The molecule has 32 nitrogen and oxygen atoms in total. The highest BCUT2D eigenvalue weighted by Gasteiger charge is 2.40. The summed E-state index contributed by atoms with van der Waals surface area (Å²) in [6.07, 6.45) is 2.48. The zero-order chi connectivity index (χ0) is 78.3. The van der Waals surface area contributed by atoms with Crippen LogP contribution in [0.1, 0.15) is 53.8 Å². The van der Waals surface area contributed by atoms with Crippen LogP contribution in [0.5, 0.6) is 11.5 Å². The second-order valence-corrected chi connectivity index (χ2v) is 30.0. The van der Waals surface area contributed by atoms with Crippen LogP contribution < -0.4 is 70.4 Å². The van der Waals surface area contributed by atoms with E-state index in [1.54, 1.807) is 110 Å². The fourth-order valence-corrected chi connectivity index (χ4v) is 15.3. The van der Waals surface area contributed by atoms with Gasteiger partial charge in [0.2, 0.25) is 76.8 Å². The number of phenols is 2. The number of aromatic hydroxyl groups is 2. The highest BCUT2D eigenvalue weighted by Crippen LogP contribution is 2.26. The van der Waals surface area contributed by atoms with Crippen molar-refractivity contribution in [1.29, 1.82) is 0 Å². The first-order chi connectivity index (χ1) is 52.2. The fraction of sp³-hybridized carbons (Fsp3) is 0.351. The van der Waals surface area contributed by atoms with Gasteiger partial charge in [0.25, 0.3) is 0 Å². The number of nitrogens with one attached hydrogen (secondary N) is 12. The van der Waals surface area contributed by atoms with E-state index >= 15 is 19.2 Å². The largest absolute Gasteiger partial charge is 0.508 e. The van der Waals surface area contributed by atoms with E-state index in [2.05, 4.69) is 68.1 Å². The Morgan fingerprint density at radius 2 is 1.13 bits per heavy atom. The van der Waals surface area contributed by atoms with Crippen LogP contribution in [0.4, 0.5) is 0 Å². The number of hydrogen-bond donors (Lipinski definition) is 17. The first-order valence-electron chi connectivity index (χ1n) is 34.9. The quantitative estimate of drug-likeness (QED) is 0.0340. The van der Waals surface area contributed by atoms with Gasteiger partial charge in [-0.15, -0.1) is 11.8 Å². The molecule has 2 aromatic heterocycles. The molecule has 109 heavy (non-hydrogen) atoms. The number of imidazole rings is 1. The minimum absolute atomic E-state index is 0.0480. The second-order valence-electron chi connectivity index (χ2n) is 26.4. The number of H-pyrrole nitrogens is 2. The summed E-state index contributed by atoms with van der Waals surface area (Å²) in [5, 5.41) is 47.5. The maximum absolute atomic E-state index is 15.2. The van der Waals surface area contributed by atoms with Crippen LogP contribution in [-0.2, 0) is 101 Å². The number of hydrogen-bond acceptors (Lipinski definition) is 20. The lowest BCUT2D eigenvalue weighted by Gasteiger charge is -2.35. The molecule has 20 N–H and O–H groups in total. The van der Waals surface area contributed by atoms with Gasteiger partial charge in [-0.3, -0.25) is 62.3 Å². The fourth-order valence-electron chi connectivity index (χ4n) is 12.1. The first-order valence-corrected chi connectivity index (χ1v) is 38.5. The SMILES string of the molecule is C[C@@H]1NC(=O)[C@H](CC(N)=O)NC(=O)[C@H](Cc2c[nH]c3ccccc23)N2C[C@H](C)NC(=O)[C@@H](CSCC2=O)NC(=O)[C@@H](Cc2ccccc2)NC(=O)C(Cc2c[nH]cn2)NC(=O)C(NC(=O)[C@@H](N)Cc2ccc(O)cc2)CSSC[C@@H](C(=O)N[C@@H](Cc2ccc(O)cc2)C(N)=O)NC(=O)C(Cc2ccccc2)NC1=O. The van der Waals surface area contributed by atoms with Crippen molar-refractivity contribution in [3.63, 3.8) is 0 Å². The van der Waals surface area contributed by atoms with E-state index in [9.17, 15) is 53.4 Å². The maximum Gasteiger partial charge on any atom is 0.244 e. The third kappa shape index (κ3) is 24.3. The van der Waals surface area contributed by atoms with Crippen molar-refractivity contribution >= 4 is 121 Å². The van der Waals surface area contributed by atoms with Gasteiger partial charge in [0, 0.05) is 85.2 Å². The zero-order valence-electron chi connectivity index (χ0n) is 59.4. The predicted octanol–water partition coefficient (Wildman–Crippen LogP) is -1.03. The van der Waals surface area contributed by atoms with Crippen LogP contribution in [0.25, 0.3) is 10.9 Å². The molecule has 0 radical (unpaired) electrons. The Morgan fingerprint density at radius 1 is 0.569 bits per heavy atom. The average Bonchev–Trinajstić information content (AvgIpc) is 1.73. The molecule has 2 bridgehead atoms. The lowest BCUT2D eigenvalue weighted by molar-refractivity contribution is -0.141. The van der Waals surface area contributed by atoms with E-state index in [1.165, 1.54) is 60.7 Å². The number of phenolic OH excluding ortho intramolecular Hbond substituents is 2. The number of benzene rings is 5. The monoisotopic (exact) mass is 1550 g/mol. The molecule has 576 valence electrons. The standard InChI is InChI=1S/C74H87N17O15S3/c1-40-34-91-61(29-46-32-79-52-16-10-9-15-50(46)52)74(106)87-57(31-62(76)94)67(99)82-41(2)65(97)84-54(27-42-11-5-3-6-12-42)68(100)90-60(72(104)83-53(64(77)96)26-45-19-23-49(93)24-20-45)37-109-108-36-59(88-66(98)51(75)25-44-17-21-48(92)22-18-44)73(105)86-56(30-47-33-78-39-80-47)70(102)85-55(28-43-13-7-4-8-14-43)69(101)89-58(71(103)81-40)35-107-38-63(91)95/h3-24,32-33,39-41,51,53-61,79,92-93H,25-31,34-38,75H2,1-2H3,(H2,76,94)(H2,77,96)(H,78,80)(H,81,103)(H,82,99)(H,83,104)(H,84,97)(H,85,102)(H,86,105)(H,87,106)(H,88,98)(H,89,101)(H,90,100)/t40-,41-,51-,53-,54?,55+,56?,57-,58+,59?,60-,61-/m0/s1. The molecule has 0 saturated carbocycles. The average molecular weight is 1550 g/mol. The summed E-state index contributed by atoms with van der Waals surface area (Å²) in [4.78, 5) is 200. The topological polar surface area (TPSA) is 508 Å². The molecule has 3 aliphatic heterocycles. The lowest BCUT2D eigenvalue weighted by atomic mass is 10.0. The zero-order valence-corrected chi connectivity index (χ0v) is 61.8. The molecule has 3 saturated heterocycles. The Hall–Kier alpha value is -11.4. The molecule has 5 aromatic carbocycles. The summed E-state index contributed by atoms with van der Waals surface area (Å²) in [5.41, 5.74) is 21.7. The Morgan fingerprint density at radius 3 is 1.75 bits per heavy atom. The van der Waals surface area contributed by atoms with Crippen molar-refractivity contribution < 1.29 is 72.5 Å². The highest BCUT2D eigenvalue weighted by atomic mass is 33.1. The number of nitrogens with zero attached hydrogens (tertiary/aromatic N) is 2. The normalized spacial score (nSPS) is 22.8. The van der Waals surface area contributed by atoms with E-state index < -0.39 is 156 Å². The third-order valence-electron chi connectivity index (χ3n) is 17.9. The minimum atomic E-state index is -1.80. The van der Waals surface area contributed by atoms with Crippen LogP contribution in [0.15, 0.2) is 152 Å². The van der Waals surface area contributed by atoms with Crippen molar-refractivity contribution in [1.82, 2.24) is 73.0 Å². The van der Waals surface area contributed by atoms with Gasteiger partial charge in [0.05, 0.1) is 30.2 Å². The number of primary amides is 2. The predicted molar refractivity (Wildman–Crippen MR) is 408 cm³/mol. The number of para-hydroxylation sites is 1. The van der Waals surface area contributed by atoms with E-state index in [-0.39, 0.29) is 85.3 Å². The molecule has 3 aliphatic rings. The second kappa shape index (κ2) is 39.4. The molecular formula is C74H87N17O15S3. The Kier molecular flexibility index (Phi) is 29.5. The van der Waals surface area contributed by atoms with Crippen LogP contribution in [0.2, 0.25) is 0 Å². The van der Waals surface area contributed by atoms with Gasteiger partial charge in [-0.1, -0.05) is 125 Å². The molecule has 5 heterocycles. The molecule has 35 heteroatoms. The van der Waals surface area contributed by atoms with Gasteiger partial charge in [-0.05, 0) is 78.4 Å². The van der Waals surface area contributed by atoms with Crippen molar-refractivity contribution in [3.8, 4) is 11.5 Å². The molecule has 7 aromatic rings. The van der Waals surface area contributed by atoms with Crippen molar-refractivity contribution in [3.05, 3.63) is 186 Å². The van der Waals surface area contributed by atoms with E-state index in [1.807, 2.05) is 0 Å². The molecule has 0 aliphatic carbocycles. The Bertz CT molecular complexity index is 4370. The summed E-state index contributed by atoms with van der Waals surface area (Å²) >= 11 is 0.942. The van der Waals surface area contributed by atoms with Crippen molar-refractivity contribution in [2.75, 3.05) is 29.6 Å². The van der Waals surface area contributed by atoms with Crippen LogP contribution in [-0.4, -0.2) is 209 Å². The smallest absolute Gasteiger partial charge is 0.244 e. The molecule has 0 spiro atoms. The van der Waals surface area contributed by atoms with Gasteiger partial charge in [0.15, 0.2) is 0 Å². The summed E-state index contributed by atoms with van der Waals surface area (Å²) in [6.45, 7) is 2.48. The number of carbonyl (C=O) groups is 13. The summed E-state index contributed by atoms with van der Waals surface area (Å²) < 4.78 is 0. The van der Waals surface area contributed by atoms with Crippen LogP contribution in [0.3, 0.4) is 0 Å². The number of fused-ring (bicyclic) bond motifs is 32. The number of aromatic nitrogens is 3. The molecule has 3 fully saturated rings. The highest BCUT2D eigenvalue weighted by molar-refractivity contribution is 8.76. The number of aromatic amines is 2. The van der Waals surface area contributed by atoms with Crippen molar-refractivity contribution in [2.45, 2.75) is 131 Å². The number of carbonyl (C=O) groups excluding carboxylic acids is 13. The lowest BCUT2D eigenvalue weighted by Crippen LogP contribution is -2.62. The minimum Gasteiger partial charge on any atom is -0.508 e. The molecule has 3 unspecified atom stereocenters. The van der Waals surface area contributed by atoms with Gasteiger partial charge in [0.1, 0.15) is 71.9 Å². The number of rotatable bonds is 19. The molecule has 10 rings (SSSR count). The van der Waals surface area contributed by atoms with Crippen LogP contribution in [0, 0.1) is 0 Å². The van der Waals surface area contributed by atoms with E-state index in [4.69, 9.17) is 17.2 Å². The van der Waals surface area contributed by atoms with Crippen LogP contribution >= 0.6 is 33.3 Å². The third-order valence-corrected chi connectivity index (χ3v) is 21.3. The molecule has 12 atom stereocenters. The van der Waals surface area contributed by atoms with Gasteiger partial charge >= 0.3 is 0 Å². The first kappa shape index (κ1) is 81.6. The summed E-state index contributed by atoms with van der Waals surface area (Å²) in [5.74, 6) is -13.4. The Labute approximate surface area is 638 Å². The number of thioether (sulfide) groups is 1. The van der Waals surface area contributed by atoms with Gasteiger partial charge in [-0.25, -0.2) is 4.98 Å². The summed E-state index contributed by atoms with van der Waals surface area (Å²) in [7, 11) is 1.81. The Balaban J connectivity index is 1.10. The van der Waals surface area contributed by atoms with Gasteiger partial charge in [-0.2, -0.15) is 0 Å². The van der Waals surface area contributed by atoms with Crippen molar-refractivity contribution in [2.24, 2.45) is 17.2 Å². The van der Waals surface area contributed by atoms with Gasteiger partial charge < -0.3 is 95.4 Å². The summed E-state index contributed by atoms with van der Waals surface area (Å²) in [6, 6.07) is 18.0. The van der Waals surface area contributed by atoms with E-state index in [0.717, 1.165) is 33.3 Å². The maximum atomic E-state index is 15.2. The number of amides is 13. The molecule has 13 amide bonds.